The van der Waals surface area contributed by atoms with Crippen molar-refractivity contribution in [1.29, 1.82) is 0 Å². The zero-order valence-electron chi connectivity index (χ0n) is 17.1. The third kappa shape index (κ3) is 8.46. The van der Waals surface area contributed by atoms with Crippen molar-refractivity contribution in [1.82, 2.24) is 14.9 Å². The molecule has 0 spiro atoms. The van der Waals surface area contributed by atoms with E-state index in [-0.39, 0.29) is 42.3 Å². The van der Waals surface area contributed by atoms with Gasteiger partial charge in [-0.15, -0.1) is 24.0 Å². The van der Waals surface area contributed by atoms with Crippen molar-refractivity contribution < 1.29 is 26.3 Å². The molecule has 1 atom stereocenters. The van der Waals surface area contributed by atoms with E-state index in [1.807, 2.05) is 0 Å². The summed E-state index contributed by atoms with van der Waals surface area (Å²) in [6, 6.07) is 4.88. The van der Waals surface area contributed by atoms with Gasteiger partial charge in [-0.05, 0) is 31.4 Å². The molecule has 172 valence electrons. The molecule has 2 rings (SSSR count). The lowest BCUT2D eigenvalue weighted by Gasteiger charge is -2.23. The largest absolute Gasteiger partial charge is 0.484 e. The molecular formula is C18H28F3IN4O3S. The highest BCUT2D eigenvalue weighted by Gasteiger charge is 2.31. The summed E-state index contributed by atoms with van der Waals surface area (Å²) in [7, 11) is -1.70. The van der Waals surface area contributed by atoms with Crippen molar-refractivity contribution in [2.24, 2.45) is 4.99 Å². The number of nitrogens with zero attached hydrogens (tertiary/aromatic N) is 2. The van der Waals surface area contributed by atoms with E-state index >= 15 is 0 Å². The fraction of sp³-hybridized carbons (Fsp3) is 0.611. The van der Waals surface area contributed by atoms with Gasteiger partial charge in [-0.3, -0.25) is 4.99 Å². The molecule has 0 aromatic heterocycles. The Labute approximate surface area is 192 Å². The standard InChI is InChI=1S/C18H27F3N4O3S.HI/c1-13-6-7-14(16(9-13)28-12-18(19,20)21)10-23-17(22-2)24-11-15-5-4-8-25(15)29(3,26)27;/h6-7,9,15H,4-5,8,10-12H2,1-3H3,(H2,22,23,24);1H/t15-;/m1./s1. The molecule has 0 saturated carbocycles. The second-order valence-electron chi connectivity index (χ2n) is 6.99. The first-order valence-electron chi connectivity index (χ1n) is 9.20. The van der Waals surface area contributed by atoms with Crippen LogP contribution in [0.2, 0.25) is 0 Å². The first-order chi connectivity index (χ1) is 13.5. The molecule has 0 amide bonds. The van der Waals surface area contributed by atoms with E-state index in [1.165, 1.54) is 10.6 Å². The van der Waals surface area contributed by atoms with E-state index in [1.54, 1.807) is 32.2 Å². The molecule has 1 fully saturated rings. The molecule has 1 heterocycles. The van der Waals surface area contributed by atoms with Gasteiger partial charge in [0, 0.05) is 38.3 Å². The van der Waals surface area contributed by atoms with Crippen LogP contribution in [0.1, 0.15) is 24.0 Å². The number of sulfonamides is 1. The molecule has 7 nitrogen and oxygen atoms in total. The van der Waals surface area contributed by atoms with Crippen LogP contribution >= 0.6 is 24.0 Å². The molecule has 2 N–H and O–H groups in total. The highest BCUT2D eigenvalue weighted by molar-refractivity contribution is 14.0. The van der Waals surface area contributed by atoms with Crippen molar-refractivity contribution in [3.05, 3.63) is 29.3 Å². The number of aliphatic imine (C=N–C) groups is 1. The second-order valence-corrected chi connectivity index (χ2v) is 8.93. The van der Waals surface area contributed by atoms with Crippen LogP contribution in [0.4, 0.5) is 13.2 Å². The number of nitrogens with one attached hydrogen (secondary N) is 2. The Hall–Kier alpha value is -1.28. The first kappa shape index (κ1) is 26.8. The summed E-state index contributed by atoms with van der Waals surface area (Å²) >= 11 is 0. The average molecular weight is 564 g/mol. The lowest BCUT2D eigenvalue weighted by molar-refractivity contribution is -0.153. The minimum atomic E-state index is -4.42. The highest BCUT2D eigenvalue weighted by Crippen LogP contribution is 2.24. The number of hydrogen-bond acceptors (Lipinski definition) is 4. The summed E-state index contributed by atoms with van der Waals surface area (Å²) in [5.41, 5.74) is 1.34. The van der Waals surface area contributed by atoms with Gasteiger partial charge in [0.05, 0.1) is 6.26 Å². The fourth-order valence-electron chi connectivity index (χ4n) is 3.17. The van der Waals surface area contributed by atoms with Crippen molar-refractivity contribution in [2.75, 3.05) is 33.0 Å². The summed E-state index contributed by atoms with van der Waals surface area (Å²) in [6.45, 7) is 1.50. The molecule has 30 heavy (non-hydrogen) atoms. The minimum absolute atomic E-state index is 0. The van der Waals surface area contributed by atoms with Gasteiger partial charge < -0.3 is 15.4 Å². The second kappa shape index (κ2) is 11.4. The van der Waals surface area contributed by atoms with E-state index < -0.39 is 22.8 Å². The van der Waals surface area contributed by atoms with Gasteiger partial charge in [0.15, 0.2) is 12.6 Å². The number of rotatable bonds is 7. The van der Waals surface area contributed by atoms with E-state index in [9.17, 15) is 21.6 Å². The Morgan fingerprint density at radius 3 is 2.63 bits per heavy atom. The maximum Gasteiger partial charge on any atom is 0.422 e. The van der Waals surface area contributed by atoms with Gasteiger partial charge in [-0.2, -0.15) is 17.5 Å². The summed E-state index contributed by atoms with van der Waals surface area (Å²) in [6.07, 6.45) is -1.67. The van der Waals surface area contributed by atoms with Crippen LogP contribution in [-0.4, -0.2) is 63.9 Å². The van der Waals surface area contributed by atoms with Gasteiger partial charge >= 0.3 is 6.18 Å². The Bertz CT molecular complexity index is 834. The predicted octanol–water partition coefficient (Wildman–Crippen LogP) is 2.64. The van der Waals surface area contributed by atoms with Crippen molar-refractivity contribution >= 4 is 40.0 Å². The molecule has 12 heteroatoms. The van der Waals surface area contributed by atoms with E-state index in [4.69, 9.17) is 4.74 Å². The highest BCUT2D eigenvalue weighted by atomic mass is 127. The lowest BCUT2D eigenvalue weighted by Crippen LogP contribution is -2.46. The molecule has 0 radical (unpaired) electrons. The molecule has 0 bridgehead atoms. The smallest absolute Gasteiger partial charge is 0.422 e. The van der Waals surface area contributed by atoms with Crippen molar-refractivity contribution in [2.45, 2.75) is 38.5 Å². The first-order valence-corrected chi connectivity index (χ1v) is 11.0. The quantitative estimate of drug-likeness (QED) is 0.303. The third-order valence-corrected chi connectivity index (χ3v) is 5.87. The zero-order valence-corrected chi connectivity index (χ0v) is 20.3. The van der Waals surface area contributed by atoms with Crippen LogP contribution < -0.4 is 15.4 Å². The molecule has 1 saturated heterocycles. The predicted molar refractivity (Wildman–Crippen MR) is 121 cm³/mol. The van der Waals surface area contributed by atoms with Gasteiger partial charge in [-0.25, -0.2) is 8.42 Å². The van der Waals surface area contributed by atoms with Gasteiger partial charge in [0.2, 0.25) is 10.0 Å². The lowest BCUT2D eigenvalue weighted by atomic mass is 10.1. The molecule has 0 unspecified atom stereocenters. The Balaban J connectivity index is 0.00000450. The molecule has 1 aromatic carbocycles. The van der Waals surface area contributed by atoms with Crippen LogP contribution in [0.25, 0.3) is 0 Å². The van der Waals surface area contributed by atoms with Gasteiger partial charge in [0.25, 0.3) is 0 Å². The van der Waals surface area contributed by atoms with Gasteiger partial charge in [0.1, 0.15) is 5.75 Å². The van der Waals surface area contributed by atoms with Crippen molar-refractivity contribution in [3.63, 3.8) is 0 Å². The fourth-order valence-corrected chi connectivity index (χ4v) is 4.35. The van der Waals surface area contributed by atoms with Crippen LogP contribution in [0.15, 0.2) is 23.2 Å². The normalized spacial score (nSPS) is 18.1. The number of halogens is 4. The topological polar surface area (TPSA) is 83.0 Å². The summed E-state index contributed by atoms with van der Waals surface area (Å²) in [5.74, 6) is 0.581. The van der Waals surface area contributed by atoms with Crippen molar-refractivity contribution in [3.8, 4) is 5.75 Å². The summed E-state index contributed by atoms with van der Waals surface area (Å²) < 4.78 is 67.5. The molecule has 1 aromatic rings. The van der Waals surface area contributed by atoms with Crippen LogP contribution in [0, 0.1) is 6.92 Å². The average Bonchev–Trinajstić information content (AvgIpc) is 3.09. The van der Waals surface area contributed by atoms with Crippen LogP contribution in [0.3, 0.4) is 0 Å². The monoisotopic (exact) mass is 564 g/mol. The Morgan fingerprint density at radius 1 is 1.33 bits per heavy atom. The Morgan fingerprint density at radius 2 is 2.03 bits per heavy atom. The third-order valence-electron chi connectivity index (χ3n) is 4.54. The molecule has 0 aliphatic carbocycles. The SMILES string of the molecule is CN=C(NCc1ccc(C)cc1OCC(F)(F)F)NC[C@H]1CCCN1S(C)(=O)=O.I. The number of alkyl halides is 3. The van der Waals surface area contributed by atoms with Crippen LogP contribution in [0.5, 0.6) is 5.75 Å². The maximum atomic E-state index is 12.5. The zero-order chi connectivity index (χ0) is 21.7. The minimum Gasteiger partial charge on any atom is -0.484 e. The number of ether oxygens (including phenoxy) is 1. The van der Waals surface area contributed by atoms with Crippen LogP contribution in [-0.2, 0) is 16.6 Å². The molecular weight excluding hydrogens is 536 g/mol. The van der Waals surface area contributed by atoms with E-state index in [2.05, 4.69) is 15.6 Å². The molecule has 1 aliphatic rings. The van der Waals surface area contributed by atoms with E-state index in [0.29, 0.717) is 24.6 Å². The molecule has 1 aliphatic heterocycles. The maximum absolute atomic E-state index is 12.5. The number of aryl methyl sites for hydroxylation is 1. The number of guanidine groups is 1. The number of benzene rings is 1. The number of hydrogen-bond donors (Lipinski definition) is 2. The van der Waals surface area contributed by atoms with E-state index in [0.717, 1.165) is 18.4 Å². The Kier molecular flexibility index (Phi) is 10.1. The summed E-state index contributed by atoms with van der Waals surface area (Å²) in [5, 5.41) is 6.11. The summed E-state index contributed by atoms with van der Waals surface area (Å²) in [4.78, 5) is 4.09. The van der Waals surface area contributed by atoms with Gasteiger partial charge in [-0.1, -0.05) is 12.1 Å².